The summed E-state index contributed by atoms with van der Waals surface area (Å²) in [4.78, 5) is 12.9. The van der Waals surface area contributed by atoms with Crippen molar-refractivity contribution < 1.29 is 5.11 Å². The average Bonchev–Trinajstić information content (AvgIpc) is 2.69. The quantitative estimate of drug-likeness (QED) is 0.360. The first kappa shape index (κ1) is 23.3. The first-order valence-electron chi connectivity index (χ1n) is 9.75. The van der Waals surface area contributed by atoms with Gasteiger partial charge in [0.1, 0.15) is 11.1 Å². The molecule has 156 valence electrons. The molecule has 0 saturated carbocycles. The number of nitrogens with one attached hydrogen (secondary N) is 1. The molecule has 0 aliphatic carbocycles. The smallest absolute Gasteiger partial charge is 0.159 e. The van der Waals surface area contributed by atoms with Crippen molar-refractivity contribution in [3.63, 3.8) is 0 Å². The molecule has 0 aliphatic rings. The van der Waals surface area contributed by atoms with Gasteiger partial charge in [0.2, 0.25) is 0 Å². The molecule has 3 rings (SSSR count). The lowest BCUT2D eigenvalue weighted by molar-refractivity contribution is 0.0687. The normalized spacial score (nSPS) is 12.3. The fourth-order valence-corrected chi connectivity index (χ4v) is 2.86. The van der Waals surface area contributed by atoms with E-state index in [0.717, 1.165) is 34.1 Å². The molecule has 2 heterocycles. The Morgan fingerprint density at radius 3 is 2.21 bits per heavy atom. The van der Waals surface area contributed by atoms with E-state index in [-0.39, 0.29) is 5.50 Å². The van der Waals surface area contributed by atoms with Gasteiger partial charge in [-0.15, -0.1) is 0 Å². The maximum absolute atomic E-state index is 10.00. The second-order valence-electron chi connectivity index (χ2n) is 7.29. The number of anilines is 1. The third kappa shape index (κ3) is 6.01. The summed E-state index contributed by atoms with van der Waals surface area (Å²) in [5.41, 5.74) is 2.03. The van der Waals surface area contributed by atoms with Gasteiger partial charge < -0.3 is 10.4 Å². The van der Waals surface area contributed by atoms with E-state index in [1.54, 1.807) is 32.4 Å². The number of benzene rings is 1. The van der Waals surface area contributed by atoms with Crippen LogP contribution in [0, 0.1) is 0 Å². The van der Waals surface area contributed by atoms with Gasteiger partial charge in [0.05, 0.1) is 16.2 Å². The molecule has 2 N–H and O–H groups in total. The lowest BCUT2D eigenvalue weighted by atomic mass is 10.0. The fourth-order valence-electron chi connectivity index (χ4n) is 2.55. The SMILES string of the molecule is CCC.CCC(Cl)Nc1c(Cl)cnc2ccc(-c3cnc(C(C)(C)O)nc3)cc12. The van der Waals surface area contributed by atoms with Crippen molar-refractivity contribution >= 4 is 39.8 Å². The van der Waals surface area contributed by atoms with E-state index in [9.17, 15) is 5.11 Å². The number of halogens is 2. The van der Waals surface area contributed by atoms with Crippen LogP contribution < -0.4 is 5.32 Å². The molecule has 1 atom stereocenters. The van der Waals surface area contributed by atoms with E-state index in [1.807, 2.05) is 25.1 Å². The number of pyridine rings is 1. The van der Waals surface area contributed by atoms with Crippen LogP contribution in [0.15, 0.2) is 36.8 Å². The van der Waals surface area contributed by atoms with E-state index >= 15 is 0 Å². The first-order valence-corrected chi connectivity index (χ1v) is 10.6. The van der Waals surface area contributed by atoms with Crippen LogP contribution in [0.3, 0.4) is 0 Å². The molecule has 29 heavy (non-hydrogen) atoms. The van der Waals surface area contributed by atoms with E-state index in [1.165, 1.54) is 6.42 Å². The summed E-state index contributed by atoms with van der Waals surface area (Å²) in [6.45, 7) is 9.55. The Kier molecular flexibility index (Phi) is 8.20. The van der Waals surface area contributed by atoms with Crippen molar-refractivity contribution in [3.05, 3.63) is 47.6 Å². The summed E-state index contributed by atoms with van der Waals surface area (Å²) in [6.07, 6.45) is 7.02. The molecule has 0 fully saturated rings. The van der Waals surface area contributed by atoms with Crippen molar-refractivity contribution in [2.75, 3.05) is 5.32 Å². The van der Waals surface area contributed by atoms with E-state index in [4.69, 9.17) is 23.2 Å². The molecule has 5 nitrogen and oxygen atoms in total. The number of nitrogens with zero attached hydrogens (tertiary/aromatic N) is 3. The Morgan fingerprint density at radius 1 is 1.03 bits per heavy atom. The minimum Gasteiger partial charge on any atom is -0.382 e. The minimum absolute atomic E-state index is 0.226. The van der Waals surface area contributed by atoms with Gasteiger partial charge in [0.25, 0.3) is 0 Å². The lowest BCUT2D eigenvalue weighted by Crippen LogP contribution is -2.19. The highest BCUT2D eigenvalue weighted by molar-refractivity contribution is 6.35. The zero-order valence-electron chi connectivity index (χ0n) is 17.5. The Labute approximate surface area is 182 Å². The molecule has 1 aromatic carbocycles. The van der Waals surface area contributed by atoms with Crippen LogP contribution in [-0.2, 0) is 5.60 Å². The Bertz CT molecular complexity index is 940. The predicted molar refractivity (Wildman–Crippen MR) is 123 cm³/mol. The van der Waals surface area contributed by atoms with Crippen molar-refractivity contribution in [1.29, 1.82) is 0 Å². The summed E-state index contributed by atoms with van der Waals surface area (Å²) in [7, 11) is 0. The number of alkyl halides is 1. The van der Waals surface area contributed by atoms with Gasteiger partial charge in [-0.2, -0.15) is 0 Å². The summed E-state index contributed by atoms with van der Waals surface area (Å²) < 4.78 is 0. The maximum atomic E-state index is 10.00. The van der Waals surface area contributed by atoms with Crippen molar-refractivity contribution in [3.8, 4) is 11.1 Å². The lowest BCUT2D eigenvalue weighted by Gasteiger charge is -2.16. The number of rotatable bonds is 5. The standard InChI is InChI=1S/C19H20Cl2N4O.C3H8/c1-4-16(21)25-17-13-7-11(5-6-15(13)22-10-14(17)20)12-8-23-18(24-9-12)19(2,3)26;1-3-2/h5-10,16,26H,4H2,1-3H3,(H,22,25);3H2,1-2H3. The summed E-state index contributed by atoms with van der Waals surface area (Å²) in [6, 6.07) is 5.86. The average molecular weight is 435 g/mol. The zero-order valence-corrected chi connectivity index (χ0v) is 19.0. The highest BCUT2D eigenvalue weighted by Gasteiger charge is 2.19. The summed E-state index contributed by atoms with van der Waals surface area (Å²) in [5, 5.41) is 14.6. The minimum atomic E-state index is -1.08. The second-order valence-corrected chi connectivity index (χ2v) is 8.23. The van der Waals surface area contributed by atoms with E-state index < -0.39 is 5.60 Å². The Hall–Kier alpha value is -1.95. The molecule has 3 aromatic rings. The molecule has 0 spiro atoms. The molecule has 0 aliphatic heterocycles. The largest absolute Gasteiger partial charge is 0.382 e. The molecular weight excluding hydrogens is 407 g/mol. The zero-order chi connectivity index (χ0) is 21.6. The van der Waals surface area contributed by atoms with Gasteiger partial charge in [-0.3, -0.25) is 4.98 Å². The van der Waals surface area contributed by atoms with Gasteiger partial charge in [0, 0.05) is 29.5 Å². The third-order valence-corrected chi connectivity index (χ3v) is 4.72. The molecule has 0 saturated heterocycles. The van der Waals surface area contributed by atoms with Crippen molar-refractivity contribution in [2.45, 2.75) is 58.6 Å². The molecule has 0 amide bonds. The van der Waals surface area contributed by atoms with Crippen LogP contribution >= 0.6 is 23.2 Å². The van der Waals surface area contributed by atoms with Crippen LogP contribution in [0.4, 0.5) is 5.69 Å². The molecule has 0 bridgehead atoms. The van der Waals surface area contributed by atoms with Gasteiger partial charge in [-0.1, -0.05) is 56.5 Å². The van der Waals surface area contributed by atoms with Crippen LogP contribution in [0.2, 0.25) is 5.02 Å². The Balaban J connectivity index is 0.000000941. The van der Waals surface area contributed by atoms with E-state index in [0.29, 0.717) is 10.8 Å². The second kappa shape index (κ2) is 10.2. The molecule has 1 unspecified atom stereocenters. The highest BCUT2D eigenvalue weighted by atomic mass is 35.5. The number of hydrogen-bond acceptors (Lipinski definition) is 5. The topological polar surface area (TPSA) is 70.9 Å². The summed E-state index contributed by atoms with van der Waals surface area (Å²) in [5.74, 6) is 0.377. The van der Waals surface area contributed by atoms with Gasteiger partial charge in [-0.05, 0) is 38.0 Å². The predicted octanol–water partition coefficient (Wildman–Crippen LogP) is 6.38. The van der Waals surface area contributed by atoms with Gasteiger partial charge >= 0.3 is 0 Å². The molecule has 7 heteroatoms. The molecule has 0 radical (unpaired) electrons. The van der Waals surface area contributed by atoms with Crippen LogP contribution in [0.1, 0.15) is 53.3 Å². The Morgan fingerprint density at radius 2 is 1.66 bits per heavy atom. The van der Waals surface area contributed by atoms with Crippen molar-refractivity contribution in [2.24, 2.45) is 0 Å². The summed E-state index contributed by atoms with van der Waals surface area (Å²) >= 11 is 12.6. The van der Waals surface area contributed by atoms with Gasteiger partial charge in [0.15, 0.2) is 5.82 Å². The van der Waals surface area contributed by atoms with Crippen LogP contribution in [0.5, 0.6) is 0 Å². The van der Waals surface area contributed by atoms with Crippen LogP contribution in [-0.4, -0.2) is 25.6 Å². The monoisotopic (exact) mass is 434 g/mol. The van der Waals surface area contributed by atoms with Crippen LogP contribution in [0.25, 0.3) is 22.0 Å². The van der Waals surface area contributed by atoms with E-state index in [2.05, 4.69) is 34.1 Å². The fraction of sp³-hybridized carbons (Fsp3) is 0.409. The number of aromatic nitrogens is 3. The number of fused-ring (bicyclic) bond motifs is 1. The number of aliphatic hydroxyl groups is 1. The highest BCUT2D eigenvalue weighted by Crippen LogP contribution is 2.33. The molecule has 2 aromatic heterocycles. The first-order chi connectivity index (χ1) is 13.7. The maximum Gasteiger partial charge on any atom is 0.159 e. The third-order valence-electron chi connectivity index (χ3n) is 4.01. The van der Waals surface area contributed by atoms with Gasteiger partial charge in [-0.25, -0.2) is 9.97 Å². The molecular formula is C22H28Cl2N4O. The van der Waals surface area contributed by atoms with Crippen molar-refractivity contribution in [1.82, 2.24) is 15.0 Å². The number of hydrogen-bond donors (Lipinski definition) is 2.